The number of aromatic amines is 1. The number of aromatic nitrogens is 4. The molecule has 0 fully saturated rings. The number of carbonyl (C=O) groups is 6. The van der Waals surface area contributed by atoms with Gasteiger partial charge in [-0.3, -0.25) is 28.8 Å². The van der Waals surface area contributed by atoms with E-state index in [1.165, 1.54) is 46.4 Å². The summed E-state index contributed by atoms with van der Waals surface area (Å²) in [6.45, 7) is 0.164. The van der Waals surface area contributed by atoms with Gasteiger partial charge in [-0.2, -0.15) is 0 Å². The van der Waals surface area contributed by atoms with Crippen LogP contribution in [0.3, 0.4) is 0 Å². The van der Waals surface area contributed by atoms with Crippen molar-refractivity contribution in [2.45, 2.75) is 67.7 Å². The minimum atomic E-state index is -1.35. The third-order valence-corrected chi connectivity index (χ3v) is 13.4. The largest absolute Gasteiger partial charge is 0.508 e. The van der Waals surface area contributed by atoms with Crippen LogP contribution in [0, 0.1) is 0 Å². The summed E-state index contributed by atoms with van der Waals surface area (Å²) in [5.41, 5.74) is 3.93. The van der Waals surface area contributed by atoms with E-state index in [1.807, 2.05) is 78.9 Å². The number of phenols is 1. The molecule has 0 saturated carbocycles. The number of phenolic OH excluding ortho intramolecular Hbond substituents is 1. The molecule has 360 valence electrons. The van der Waals surface area contributed by atoms with Crippen molar-refractivity contribution in [3.8, 4) is 5.75 Å². The second kappa shape index (κ2) is 25.0. The molecule has 19 heteroatoms. The Hall–Kier alpha value is -7.77. The Balaban J connectivity index is 1.07. The van der Waals surface area contributed by atoms with Crippen LogP contribution in [-0.2, 0) is 54.5 Å². The first-order valence-electron chi connectivity index (χ1n) is 22.4. The van der Waals surface area contributed by atoms with Crippen molar-refractivity contribution in [3.63, 3.8) is 0 Å². The molecule has 0 spiro atoms. The maximum atomic E-state index is 14.6. The number of aromatic hydroxyl groups is 1. The summed E-state index contributed by atoms with van der Waals surface area (Å²) in [5, 5.41) is 36.2. The maximum absolute atomic E-state index is 14.6. The van der Waals surface area contributed by atoms with Crippen LogP contribution in [0.2, 0.25) is 0 Å². The minimum absolute atomic E-state index is 0.00101. The first-order valence-corrected chi connectivity index (χ1v) is 24.8. The molecule has 4 unspecified atom stereocenters. The van der Waals surface area contributed by atoms with Gasteiger partial charge in [0.1, 0.15) is 46.8 Å². The molecule has 70 heavy (non-hydrogen) atoms. The number of fused-ring (bicyclic) bond motifs is 2. The predicted molar refractivity (Wildman–Crippen MR) is 267 cm³/mol. The molecule has 0 aliphatic carbocycles. The van der Waals surface area contributed by atoms with Crippen LogP contribution in [0.5, 0.6) is 5.75 Å². The Morgan fingerprint density at radius 3 is 1.77 bits per heavy atom. The number of amides is 5. The number of carboxylic acid groups (broad SMARTS) is 1. The fraction of sp³-hybridized carbons (Fsp3) is 0.235. The molecule has 2 aromatic heterocycles. The number of aliphatic carboxylic acids is 1. The zero-order chi connectivity index (χ0) is 49.2. The van der Waals surface area contributed by atoms with E-state index in [1.54, 1.807) is 36.4 Å². The summed E-state index contributed by atoms with van der Waals surface area (Å²) in [6, 6.07) is 32.6. The lowest BCUT2D eigenvalue weighted by molar-refractivity contribution is -0.138. The van der Waals surface area contributed by atoms with E-state index in [9.17, 15) is 39.0 Å². The molecule has 4 atom stereocenters. The van der Waals surface area contributed by atoms with Crippen molar-refractivity contribution in [1.82, 2.24) is 46.5 Å². The number of carbonyl (C=O) groups excluding carboxylic acids is 5. The van der Waals surface area contributed by atoms with E-state index in [-0.39, 0.29) is 44.4 Å². The summed E-state index contributed by atoms with van der Waals surface area (Å²) in [5.74, 6) is -4.00. The lowest BCUT2D eigenvalue weighted by Gasteiger charge is -2.27. The number of rotatable bonds is 24. The molecule has 7 rings (SSSR count). The van der Waals surface area contributed by atoms with E-state index in [0.29, 0.717) is 33.1 Å². The molecule has 8 N–H and O–H groups in total. The predicted octanol–water partition coefficient (Wildman–Crippen LogP) is 4.84. The summed E-state index contributed by atoms with van der Waals surface area (Å²) in [6.07, 6.45) is 2.21. The Kier molecular flexibility index (Phi) is 17.9. The third kappa shape index (κ3) is 14.9. The van der Waals surface area contributed by atoms with Gasteiger partial charge in [-0.25, -0.2) is 15.0 Å². The van der Waals surface area contributed by atoms with Gasteiger partial charge in [0.05, 0.1) is 12.7 Å². The second-order valence-electron chi connectivity index (χ2n) is 16.3. The fourth-order valence-electron chi connectivity index (χ4n) is 7.57. The Morgan fingerprint density at radius 1 is 0.586 bits per heavy atom. The monoisotopic (exact) mass is 981 g/mol. The average Bonchev–Trinajstić information content (AvgIpc) is 3.86. The molecule has 5 aromatic carbocycles. The molecular weight excluding hydrogens is 931 g/mol. The number of hydrogen-bond donors (Lipinski definition) is 8. The molecule has 7 aromatic rings. The lowest BCUT2D eigenvalue weighted by atomic mass is 10.0. The van der Waals surface area contributed by atoms with E-state index in [0.717, 1.165) is 21.9 Å². The van der Waals surface area contributed by atoms with E-state index in [2.05, 4.69) is 46.5 Å². The van der Waals surface area contributed by atoms with Crippen molar-refractivity contribution in [3.05, 3.63) is 162 Å². The lowest BCUT2D eigenvalue weighted by Crippen LogP contribution is -2.59. The number of benzene rings is 5. The highest BCUT2D eigenvalue weighted by Crippen LogP contribution is 2.32. The molecule has 0 saturated heterocycles. The first-order chi connectivity index (χ1) is 34.0. The molecule has 0 aliphatic rings. The van der Waals surface area contributed by atoms with Gasteiger partial charge in [0.2, 0.25) is 29.5 Å². The van der Waals surface area contributed by atoms with Gasteiger partial charge in [-0.05, 0) is 62.4 Å². The van der Waals surface area contributed by atoms with Crippen molar-refractivity contribution in [2.75, 3.05) is 12.3 Å². The van der Waals surface area contributed by atoms with Crippen molar-refractivity contribution in [1.29, 1.82) is 0 Å². The van der Waals surface area contributed by atoms with Gasteiger partial charge >= 0.3 is 5.97 Å². The smallest absolute Gasteiger partial charge is 0.303 e. The van der Waals surface area contributed by atoms with Crippen molar-refractivity contribution >= 4 is 79.0 Å². The van der Waals surface area contributed by atoms with Crippen LogP contribution in [0.25, 0.3) is 21.9 Å². The number of nitrogens with one attached hydrogen (secondary N) is 6. The zero-order valence-electron chi connectivity index (χ0n) is 37.7. The summed E-state index contributed by atoms with van der Waals surface area (Å²) >= 11 is 0. The highest BCUT2D eigenvalue weighted by Gasteiger charge is 2.32. The number of imidazole rings is 1. The molecule has 0 bridgehead atoms. The van der Waals surface area contributed by atoms with Gasteiger partial charge in [0.15, 0.2) is 5.65 Å². The number of nitrogens with zero attached hydrogens (tertiary/aromatic N) is 3. The van der Waals surface area contributed by atoms with Crippen LogP contribution in [0.4, 0.5) is 0 Å². The minimum Gasteiger partial charge on any atom is -0.508 e. The summed E-state index contributed by atoms with van der Waals surface area (Å²) in [7, 11) is 2.76. The van der Waals surface area contributed by atoms with Gasteiger partial charge in [0, 0.05) is 38.0 Å². The maximum Gasteiger partial charge on any atom is 0.303 e. The summed E-state index contributed by atoms with van der Waals surface area (Å²) < 4.78 is 0. The van der Waals surface area contributed by atoms with E-state index in [4.69, 9.17) is 0 Å². The van der Waals surface area contributed by atoms with Crippen molar-refractivity contribution < 1.29 is 39.0 Å². The molecular formula is C51H51N9O8S2. The Labute approximate surface area is 410 Å². The average molecular weight is 982 g/mol. The Bertz CT molecular complexity index is 2910. The highest BCUT2D eigenvalue weighted by atomic mass is 33.1. The standard InChI is InChI=1S/C51H51N9O8S2/c61-38-19-16-34(17-20-38)28-42(49(67)58-39(21-22-44(63)64)47(65)52-23-24-69-70-51-45-46(54-30-53-45)55-31-56-51)60-50(68)41(27-33-11-5-2-6-12-33)59-48(66)40(26-32-9-3-1-4-10-32)57-43(62)29-35-15-18-36-13-7-8-14-37(36)25-35/h1-20,25,30-31,39-42,61H,21-24,26-29H2,(H,52,65)(H,57,62)(H,58,67)(H,59,66)(H,60,68)(H,63,64)(H,53,54,55,56). The van der Waals surface area contributed by atoms with Gasteiger partial charge in [-0.15, -0.1) is 0 Å². The molecule has 5 amide bonds. The van der Waals surface area contributed by atoms with E-state index >= 15 is 0 Å². The quantitative estimate of drug-likeness (QED) is 0.0229. The highest BCUT2D eigenvalue weighted by molar-refractivity contribution is 8.76. The van der Waals surface area contributed by atoms with Crippen LogP contribution in [0.1, 0.15) is 35.1 Å². The topological polar surface area (TPSA) is 257 Å². The van der Waals surface area contributed by atoms with Crippen LogP contribution < -0.4 is 26.6 Å². The number of carboxylic acids is 1. The second-order valence-corrected chi connectivity index (χ2v) is 18.7. The SMILES string of the molecule is O=C(O)CCC(NC(=O)C(Cc1ccc(O)cc1)NC(=O)C(Cc1ccccc1)NC(=O)C(Cc1ccccc1)NC(=O)Cc1ccc2ccccc2c1)C(=O)NCCSSc1ncnc2nc[nH]c12. The van der Waals surface area contributed by atoms with Crippen LogP contribution in [0.15, 0.2) is 145 Å². The van der Waals surface area contributed by atoms with Gasteiger partial charge in [0.25, 0.3) is 0 Å². The molecule has 0 aliphatic heterocycles. The number of H-pyrrole nitrogens is 1. The molecule has 0 radical (unpaired) electrons. The van der Waals surface area contributed by atoms with Crippen LogP contribution in [-0.4, -0.2) is 102 Å². The van der Waals surface area contributed by atoms with Crippen LogP contribution >= 0.6 is 21.6 Å². The Morgan fingerprint density at radius 2 is 1.14 bits per heavy atom. The van der Waals surface area contributed by atoms with Crippen molar-refractivity contribution in [2.24, 2.45) is 0 Å². The third-order valence-electron chi connectivity index (χ3n) is 11.1. The summed E-state index contributed by atoms with van der Waals surface area (Å²) in [4.78, 5) is 97.8. The van der Waals surface area contributed by atoms with E-state index < -0.39 is 66.1 Å². The normalized spacial score (nSPS) is 12.8. The molecule has 2 heterocycles. The van der Waals surface area contributed by atoms with Gasteiger partial charge < -0.3 is 41.8 Å². The first kappa shape index (κ1) is 50.1. The zero-order valence-corrected chi connectivity index (χ0v) is 39.4. The fourth-order valence-corrected chi connectivity index (χ4v) is 9.49. The number of hydrogen-bond acceptors (Lipinski definition) is 12. The molecule has 17 nitrogen and oxygen atoms in total. The van der Waals surface area contributed by atoms with Gasteiger partial charge in [-0.1, -0.05) is 126 Å².